The number of rotatable bonds is 6. The second kappa shape index (κ2) is 6.14. The van der Waals surface area contributed by atoms with E-state index in [4.69, 9.17) is 0 Å². The lowest BCUT2D eigenvalue weighted by molar-refractivity contribution is 0.719. The molecule has 0 aliphatic heterocycles. The second-order valence-electron chi connectivity index (χ2n) is 4.49. The van der Waals surface area contributed by atoms with Gasteiger partial charge in [0.15, 0.2) is 0 Å². The van der Waals surface area contributed by atoms with E-state index in [1.807, 2.05) is 11.7 Å². The number of nitrogens with zero attached hydrogens (tertiary/aromatic N) is 2. The molecule has 4 heteroatoms. The summed E-state index contributed by atoms with van der Waals surface area (Å²) in [6.07, 6.45) is 6.49. The third-order valence-electron chi connectivity index (χ3n) is 2.98. The molecule has 1 aliphatic rings. The third kappa shape index (κ3) is 3.41. The Balaban J connectivity index is 0.00000128. The fourth-order valence-electron chi connectivity index (χ4n) is 1.82. The van der Waals surface area contributed by atoms with E-state index in [0.717, 1.165) is 12.5 Å². The molecule has 1 saturated carbocycles. The summed E-state index contributed by atoms with van der Waals surface area (Å²) in [5.41, 5.74) is 1.27. The zero-order chi connectivity index (χ0) is 10.7. The number of hydrogen-bond donors (Lipinski definition) is 1. The molecule has 0 spiro atoms. The maximum absolute atomic E-state index is 4.53. The highest BCUT2D eigenvalue weighted by Gasteiger charge is 2.26. The zero-order valence-corrected chi connectivity index (χ0v) is 11.0. The molecule has 1 fully saturated rings. The van der Waals surface area contributed by atoms with Crippen LogP contribution in [0.5, 0.6) is 0 Å². The topological polar surface area (TPSA) is 29.9 Å². The average Bonchev–Trinajstić information content (AvgIpc) is 3.00. The molecule has 0 bridgehead atoms. The van der Waals surface area contributed by atoms with E-state index in [0.29, 0.717) is 0 Å². The van der Waals surface area contributed by atoms with E-state index in [1.54, 1.807) is 0 Å². The number of aryl methyl sites for hydroxylation is 1. The van der Waals surface area contributed by atoms with Gasteiger partial charge in [-0.15, -0.1) is 12.4 Å². The van der Waals surface area contributed by atoms with Crippen molar-refractivity contribution in [1.82, 2.24) is 9.78 Å². The molecule has 0 unspecified atom stereocenters. The van der Waals surface area contributed by atoms with Crippen LogP contribution >= 0.6 is 12.4 Å². The second-order valence-corrected chi connectivity index (χ2v) is 4.49. The molecule has 92 valence electrons. The minimum atomic E-state index is 0. The molecule has 0 atom stereocenters. The number of unbranched alkanes of at least 4 members (excludes halogenated alkanes) is 2. The molecular formula is C12H22ClN3. The molecule has 1 N–H and O–H groups in total. The molecule has 1 heterocycles. The maximum atomic E-state index is 4.53. The van der Waals surface area contributed by atoms with E-state index >= 15 is 0 Å². The highest BCUT2D eigenvalue weighted by molar-refractivity contribution is 5.85. The van der Waals surface area contributed by atoms with Crippen molar-refractivity contribution in [2.45, 2.75) is 44.9 Å². The summed E-state index contributed by atoms with van der Waals surface area (Å²) in [4.78, 5) is 0. The first-order valence-electron chi connectivity index (χ1n) is 6.09. The SMILES string of the molecule is CCCCCNc1cc(C2CC2)nn1C.Cl. The summed E-state index contributed by atoms with van der Waals surface area (Å²) in [7, 11) is 2.02. The van der Waals surface area contributed by atoms with Crippen LogP contribution in [0.1, 0.15) is 50.6 Å². The summed E-state index contributed by atoms with van der Waals surface area (Å²) < 4.78 is 1.97. The van der Waals surface area contributed by atoms with E-state index in [1.165, 1.54) is 43.6 Å². The van der Waals surface area contributed by atoms with Crippen LogP contribution < -0.4 is 5.32 Å². The van der Waals surface area contributed by atoms with Gasteiger partial charge >= 0.3 is 0 Å². The van der Waals surface area contributed by atoms with Gasteiger partial charge in [0.05, 0.1) is 5.69 Å². The summed E-state index contributed by atoms with van der Waals surface area (Å²) >= 11 is 0. The van der Waals surface area contributed by atoms with E-state index in [2.05, 4.69) is 23.4 Å². The summed E-state index contributed by atoms with van der Waals surface area (Å²) in [5.74, 6) is 1.93. The summed E-state index contributed by atoms with van der Waals surface area (Å²) in [6, 6.07) is 2.21. The van der Waals surface area contributed by atoms with Crippen molar-refractivity contribution in [3.8, 4) is 0 Å². The van der Waals surface area contributed by atoms with Crippen molar-refractivity contribution in [3.63, 3.8) is 0 Å². The lowest BCUT2D eigenvalue weighted by atomic mass is 10.2. The minimum Gasteiger partial charge on any atom is -0.370 e. The van der Waals surface area contributed by atoms with Crippen molar-refractivity contribution in [1.29, 1.82) is 0 Å². The Morgan fingerprint density at radius 1 is 1.44 bits per heavy atom. The largest absolute Gasteiger partial charge is 0.370 e. The van der Waals surface area contributed by atoms with Gasteiger partial charge < -0.3 is 5.32 Å². The maximum Gasteiger partial charge on any atom is 0.124 e. The van der Waals surface area contributed by atoms with Gasteiger partial charge in [-0.3, -0.25) is 4.68 Å². The van der Waals surface area contributed by atoms with Gasteiger partial charge in [0.25, 0.3) is 0 Å². The van der Waals surface area contributed by atoms with Crippen LogP contribution in [-0.4, -0.2) is 16.3 Å². The first-order valence-corrected chi connectivity index (χ1v) is 6.09. The molecule has 3 nitrogen and oxygen atoms in total. The molecule has 1 aromatic heterocycles. The Hall–Kier alpha value is -0.700. The zero-order valence-electron chi connectivity index (χ0n) is 10.2. The Morgan fingerprint density at radius 3 is 2.81 bits per heavy atom. The van der Waals surface area contributed by atoms with Crippen molar-refractivity contribution in [2.75, 3.05) is 11.9 Å². The number of nitrogens with one attached hydrogen (secondary N) is 1. The van der Waals surface area contributed by atoms with E-state index < -0.39 is 0 Å². The van der Waals surface area contributed by atoms with Crippen LogP contribution in [0, 0.1) is 0 Å². The normalized spacial score (nSPS) is 14.6. The molecule has 1 aromatic rings. The van der Waals surface area contributed by atoms with Crippen LogP contribution in [0.2, 0.25) is 0 Å². The van der Waals surface area contributed by atoms with Gasteiger partial charge in [-0.05, 0) is 19.3 Å². The first-order chi connectivity index (χ1) is 7.31. The predicted molar refractivity (Wildman–Crippen MR) is 70.4 cm³/mol. The number of aromatic nitrogens is 2. The Kier molecular flexibility index (Phi) is 5.13. The molecule has 0 radical (unpaired) electrons. The van der Waals surface area contributed by atoms with Crippen molar-refractivity contribution < 1.29 is 0 Å². The van der Waals surface area contributed by atoms with E-state index in [-0.39, 0.29) is 12.4 Å². The van der Waals surface area contributed by atoms with Crippen LogP contribution in [-0.2, 0) is 7.05 Å². The van der Waals surface area contributed by atoms with Gasteiger partial charge in [-0.1, -0.05) is 19.8 Å². The van der Waals surface area contributed by atoms with Gasteiger partial charge in [-0.2, -0.15) is 5.10 Å². The number of hydrogen-bond acceptors (Lipinski definition) is 2. The molecular weight excluding hydrogens is 222 g/mol. The third-order valence-corrected chi connectivity index (χ3v) is 2.98. The number of anilines is 1. The number of halogens is 1. The minimum absolute atomic E-state index is 0. The smallest absolute Gasteiger partial charge is 0.124 e. The van der Waals surface area contributed by atoms with Gasteiger partial charge in [0, 0.05) is 25.6 Å². The Morgan fingerprint density at radius 2 is 2.19 bits per heavy atom. The fourth-order valence-corrected chi connectivity index (χ4v) is 1.82. The highest BCUT2D eigenvalue weighted by Crippen LogP contribution is 2.39. The molecule has 0 aromatic carbocycles. The quantitative estimate of drug-likeness (QED) is 0.777. The van der Waals surface area contributed by atoms with Crippen LogP contribution in [0.25, 0.3) is 0 Å². The van der Waals surface area contributed by atoms with Gasteiger partial charge in [-0.25, -0.2) is 0 Å². The van der Waals surface area contributed by atoms with Gasteiger partial charge in [0.2, 0.25) is 0 Å². The Bertz CT molecular complexity index is 318. The van der Waals surface area contributed by atoms with Gasteiger partial charge in [0.1, 0.15) is 5.82 Å². The van der Waals surface area contributed by atoms with Crippen LogP contribution in [0.3, 0.4) is 0 Å². The van der Waals surface area contributed by atoms with Crippen LogP contribution in [0.4, 0.5) is 5.82 Å². The standard InChI is InChI=1S/C12H21N3.ClH/c1-3-4-5-8-13-12-9-11(10-6-7-10)14-15(12)2;/h9-10,13H,3-8H2,1-2H3;1H. The molecule has 0 amide bonds. The first kappa shape index (κ1) is 13.4. The Labute approximate surface area is 104 Å². The summed E-state index contributed by atoms with van der Waals surface area (Å²) in [5, 5.41) is 7.98. The van der Waals surface area contributed by atoms with Crippen molar-refractivity contribution in [2.24, 2.45) is 7.05 Å². The predicted octanol–water partition coefficient (Wildman–Crippen LogP) is 3.32. The van der Waals surface area contributed by atoms with Crippen LogP contribution in [0.15, 0.2) is 6.07 Å². The fraction of sp³-hybridized carbons (Fsp3) is 0.750. The monoisotopic (exact) mass is 243 g/mol. The summed E-state index contributed by atoms with van der Waals surface area (Å²) in [6.45, 7) is 3.30. The van der Waals surface area contributed by atoms with Crippen molar-refractivity contribution >= 4 is 18.2 Å². The lowest BCUT2D eigenvalue weighted by Crippen LogP contribution is -2.05. The molecule has 0 saturated heterocycles. The molecule has 1 aliphatic carbocycles. The molecule has 2 rings (SSSR count). The lowest BCUT2D eigenvalue weighted by Gasteiger charge is -2.04. The van der Waals surface area contributed by atoms with E-state index in [9.17, 15) is 0 Å². The van der Waals surface area contributed by atoms with Crippen molar-refractivity contribution in [3.05, 3.63) is 11.8 Å². The average molecular weight is 244 g/mol. The highest BCUT2D eigenvalue weighted by atomic mass is 35.5. The molecule has 16 heavy (non-hydrogen) atoms.